The average Bonchev–Trinajstić information content (AvgIpc) is 3.72. The summed E-state index contributed by atoms with van der Waals surface area (Å²) in [5.74, 6) is 1.02. The second kappa shape index (κ2) is 12.4. The third-order valence-electron chi connectivity index (χ3n) is 6.38. The third-order valence-corrected chi connectivity index (χ3v) is 7.17. The molecule has 1 saturated carbocycles. The second-order valence-corrected chi connectivity index (χ2v) is 10.5. The van der Waals surface area contributed by atoms with E-state index in [-0.39, 0.29) is 11.8 Å². The highest BCUT2D eigenvalue weighted by Gasteiger charge is 2.35. The molecule has 0 heterocycles. The van der Waals surface area contributed by atoms with Gasteiger partial charge in [-0.25, -0.2) is 0 Å². The fourth-order valence-corrected chi connectivity index (χ4v) is 4.51. The Morgan fingerprint density at radius 1 is 1.00 bits per heavy atom. The van der Waals surface area contributed by atoms with Gasteiger partial charge in [-0.2, -0.15) is 0 Å². The normalized spacial score (nSPS) is 13.6. The zero-order valence-electron chi connectivity index (χ0n) is 20.3. The summed E-state index contributed by atoms with van der Waals surface area (Å²) in [7, 11) is 1.63. The van der Waals surface area contributed by atoms with Crippen LogP contribution < -0.4 is 10.1 Å². The van der Waals surface area contributed by atoms with Gasteiger partial charge in [-0.05, 0) is 78.3 Å². The lowest BCUT2D eigenvalue weighted by molar-refractivity contribution is -0.141. The summed E-state index contributed by atoms with van der Waals surface area (Å²) >= 11 is 9.47. The van der Waals surface area contributed by atoms with Gasteiger partial charge in [0.2, 0.25) is 11.8 Å². The van der Waals surface area contributed by atoms with Gasteiger partial charge < -0.3 is 15.0 Å². The third kappa shape index (κ3) is 7.34. The van der Waals surface area contributed by atoms with Gasteiger partial charge in [0.25, 0.3) is 0 Å². The number of nitrogens with zero attached hydrogens (tertiary/aromatic N) is 1. The van der Waals surface area contributed by atoms with Crippen molar-refractivity contribution >= 4 is 39.3 Å². The molecule has 7 heteroatoms. The Bertz CT molecular complexity index is 1160. The summed E-state index contributed by atoms with van der Waals surface area (Å²) in [4.78, 5) is 29.0. The molecule has 1 N–H and O–H groups in total. The highest BCUT2D eigenvalue weighted by atomic mass is 79.9. The lowest BCUT2D eigenvalue weighted by Gasteiger charge is -2.32. The molecule has 1 unspecified atom stereocenters. The van der Waals surface area contributed by atoms with E-state index < -0.39 is 6.04 Å². The van der Waals surface area contributed by atoms with E-state index in [2.05, 4.69) is 21.2 Å². The van der Waals surface area contributed by atoms with Crippen LogP contribution in [0.25, 0.3) is 0 Å². The SMILES string of the molecule is COc1ccc(CCC(=O)N(CC2CC2)C(C(=O)NCc2ccc(Cl)cc2)c2ccc(Br)cc2)cc1. The minimum Gasteiger partial charge on any atom is -0.497 e. The van der Waals surface area contributed by atoms with Crippen LogP contribution in [0.2, 0.25) is 5.02 Å². The summed E-state index contributed by atoms with van der Waals surface area (Å²) < 4.78 is 6.15. The molecule has 0 bridgehead atoms. The molecule has 0 radical (unpaired) electrons. The average molecular weight is 570 g/mol. The number of nitrogens with one attached hydrogen (secondary N) is 1. The van der Waals surface area contributed by atoms with Gasteiger partial charge in [-0.1, -0.05) is 63.9 Å². The van der Waals surface area contributed by atoms with E-state index in [0.717, 1.165) is 39.8 Å². The summed E-state index contributed by atoms with van der Waals surface area (Å²) in [6.45, 7) is 0.941. The summed E-state index contributed by atoms with van der Waals surface area (Å²) in [5.41, 5.74) is 2.80. The highest BCUT2D eigenvalue weighted by molar-refractivity contribution is 9.10. The van der Waals surface area contributed by atoms with E-state index in [1.807, 2.05) is 60.7 Å². The molecule has 188 valence electrons. The van der Waals surface area contributed by atoms with Crippen LogP contribution in [0.1, 0.15) is 42.0 Å². The first-order valence-electron chi connectivity index (χ1n) is 12.1. The van der Waals surface area contributed by atoms with Gasteiger partial charge in [0.15, 0.2) is 0 Å². The van der Waals surface area contributed by atoms with Crippen molar-refractivity contribution in [3.63, 3.8) is 0 Å². The quantitative estimate of drug-likeness (QED) is 0.293. The van der Waals surface area contributed by atoms with Crippen LogP contribution in [0, 0.1) is 5.92 Å². The molecule has 4 rings (SSSR count). The van der Waals surface area contributed by atoms with Crippen molar-refractivity contribution < 1.29 is 14.3 Å². The molecule has 1 aliphatic rings. The largest absolute Gasteiger partial charge is 0.497 e. The number of methoxy groups -OCH3 is 1. The highest BCUT2D eigenvalue weighted by Crippen LogP contribution is 2.34. The summed E-state index contributed by atoms with van der Waals surface area (Å²) in [6.07, 6.45) is 3.10. The zero-order chi connectivity index (χ0) is 25.5. The van der Waals surface area contributed by atoms with Crippen molar-refractivity contribution in [1.82, 2.24) is 10.2 Å². The number of halogens is 2. The Morgan fingerprint density at radius 3 is 2.25 bits per heavy atom. The Hall–Kier alpha value is -2.83. The Kier molecular flexibility index (Phi) is 9.05. The maximum Gasteiger partial charge on any atom is 0.247 e. The first-order valence-corrected chi connectivity index (χ1v) is 13.3. The van der Waals surface area contributed by atoms with E-state index >= 15 is 0 Å². The van der Waals surface area contributed by atoms with Crippen LogP contribution in [0.3, 0.4) is 0 Å². The van der Waals surface area contributed by atoms with Gasteiger partial charge in [0, 0.05) is 29.0 Å². The van der Waals surface area contributed by atoms with Crippen LogP contribution >= 0.6 is 27.5 Å². The Labute approximate surface area is 225 Å². The molecular weight excluding hydrogens is 540 g/mol. The summed E-state index contributed by atoms with van der Waals surface area (Å²) in [5, 5.41) is 3.69. The number of carbonyl (C=O) groups is 2. The molecule has 0 spiro atoms. The van der Waals surface area contributed by atoms with Crippen molar-refractivity contribution in [2.75, 3.05) is 13.7 Å². The molecule has 3 aromatic rings. The van der Waals surface area contributed by atoms with Crippen molar-refractivity contribution in [2.45, 2.75) is 38.3 Å². The van der Waals surface area contributed by atoms with Gasteiger partial charge in [0.05, 0.1) is 7.11 Å². The molecular formula is C29H30BrClN2O3. The molecule has 1 atom stereocenters. The molecule has 1 aliphatic carbocycles. The first-order chi connectivity index (χ1) is 17.4. The number of amides is 2. The lowest BCUT2D eigenvalue weighted by atomic mass is 10.0. The Balaban J connectivity index is 1.53. The van der Waals surface area contributed by atoms with Crippen LogP contribution in [-0.2, 0) is 22.6 Å². The number of hydrogen-bond donors (Lipinski definition) is 1. The predicted octanol–water partition coefficient (Wildman–Crippen LogP) is 6.34. The smallest absolute Gasteiger partial charge is 0.247 e. The lowest BCUT2D eigenvalue weighted by Crippen LogP contribution is -2.44. The van der Waals surface area contributed by atoms with E-state index in [0.29, 0.717) is 36.9 Å². The van der Waals surface area contributed by atoms with E-state index in [1.165, 1.54) is 0 Å². The van der Waals surface area contributed by atoms with Gasteiger partial charge >= 0.3 is 0 Å². The molecule has 3 aromatic carbocycles. The standard InChI is InChI=1S/C29H30BrClN2O3/c1-36-26-15-6-20(7-16-26)8-17-27(34)33(19-22-2-3-22)28(23-9-11-24(30)12-10-23)29(35)32-18-21-4-13-25(31)14-5-21/h4-7,9-16,22,28H,2-3,8,17-19H2,1H3,(H,32,35). The van der Waals surface area contributed by atoms with Crippen molar-refractivity contribution in [3.05, 3.63) is 99.0 Å². The maximum absolute atomic E-state index is 13.6. The van der Waals surface area contributed by atoms with Gasteiger partial charge in [-0.15, -0.1) is 0 Å². The van der Waals surface area contributed by atoms with Crippen molar-refractivity contribution in [1.29, 1.82) is 0 Å². The first kappa shape index (κ1) is 26.2. The zero-order valence-corrected chi connectivity index (χ0v) is 22.6. The van der Waals surface area contributed by atoms with Crippen molar-refractivity contribution in [3.8, 4) is 5.75 Å². The number of carbonyl (C=O) groups excluding carboxylic acids is 2. The molecule has 36 heavy (non-hydrogen) atoms. The predicted molar refractivity (Wildman–Crippen MR) is 146 cm³/mol. The molecule has 1 fully saturated rings. The topological polar surface area (TPSA) is 58.6 Å². The van der Waals surface area contributed by atoms with Crippen LogP contribution in [-0.4, -0.2) is 30.4 Å². The van der Waals surface area contributed by atoms with Gasteiger partial charge in [0.1, 0.15) is 11.8 Å². The Morgan fingerprint density at radius 2 is 1.64 bits per heavy atom. The number of ether oxygens (including phenoxy) is 1. The minimum atomic E-state index is -0.700. The number of hydrogen-bond acceptors (Lipinski definition) is 3. The van der Waals surface area contributed by atoms with Crippen molar-refractivity contribution in [2.24, 2.45) is 5.92 Å². The molecule has 0 aliphatic heterocycles. The molecule has 2 amide bonds. The molecule has 5 nitrogen and oxygen atoms in total. The van der Waals surface area contributed by atoms with E-state index in [1.54, 1.807) is 24.1 Å². The van der Waals surface area contributed by atoms with Crippen LogP contribution in [0.4, 0.5) is 0 Å². The second-order valence-electron chi connectivity index (χ2n) is 9.14. The van der Waals surface area contributed by atoms with Crippen LogP contribution in [0.5, 0.6) is 5.75 Å². The number of rotatable bonds is 11. The van der Waals surface area contributed by atoms with E-state index in [9.17, 15) is 9.59 Å². The number of benzene rings is 3. The maximum atomic E-state index is 13.6. The minimum absolute atomic E-state index is 0.0210. The number of aryl methyl sites for hydroxylation is 1. The summed E-state index contributed by atoms with van der Waals surface area (Å²) in [6, 6.07) is 22.1. The molecule has 0 aromatic heterocycles. The van der Waals surface area contributed by atoms with E-state index in [4.69, 9.17) is 16.3 Å². The molecule has 0 saturated heterocycles. The fraction of sp³-hybridized carbons (Fsp3) is 0.310. The van der Waals surface area contributed by atoms with Gasteiger partial charge in [-0.3, -0.25) is 9.59 Å². The fourth-order valence-electron chi connectivity index (χ4n) is 4.12. The monoisotopic (exact) mass is 568 g/mol. The van der Waals surface area contributed by atoms with Crippen LogP contribution in [0.15, 0.2) is 77.3 Å².